The summed E-state index contributed by atoms with van der Waals surface area (Å²) in [5.41, 5.74) is 5.05. The molecule has 1 aromatic heterocycles. The zero-order chi connectivity index (χ0) is 5.98. The van der Waals surface area contributed by atoms with Crippen molar-refractivity contribution in [2.45, 2.75) is 0 Å². The van der Waals surface area contributed by atoms with Crippen LogP contribution in [0.25, 0.3) is 0 Å². The van der Waals surface area contributed by atoms with Crippen molar-refractivity contribution >= 4 is 17.4 Å². The lowest BCUT2D eigenvalue weighted by Gasteiger charge is -1.77. The summed E-state index contributed by atoms with van der Waals surface area (Å²) >= 11 is 1.11. The molecule has 0 aliphatic carbocycles. The second kappa shape index (κ2) is 1.87. The summed E-state index contributed by atoms with van der Waals surface area (Å²) in [6.45, 7) is 0. The average Bonchev–Trinajstić information content (AvgIpc) is 2.12. The van der Waals surface area contributed by atoms with Gasteiger partial charge in [0, 0.05) is 5.38 Å². The zero-order valence-corrected chi connectivity index (χ0v) is 4.68. The lowest BCUT2D eigenvalue weighted by atomic mass is 10.5. The SMILES string of the molecule is NC(=O)c1csnn1. The molecule has 1 heterocycles. The molecule has 1 amide bonds. The number of aromatic nitrogens is 2. The van der Waals surface area contributed by atoms with Crippen molar-refractivity contribution in [2.24, 2.45) is 5.73 Å². The van der Waals surface area contributed by atoms with Gasteiger partial charge in [0.15, 0.2) is 5.69 Å². The minimum absolute atomic E-state index is 0.231. The number of primary amides is 1. The van der Waals surface area contributed by atoms with Crippen molar-refractivity contribution in [3.8, 4) is 0 Å². The fraction of sp³-hybridized carbons (Fsp3) is 0. The molecule has 0 saturated carbocycles. The maximum atomic E-state index is 10.2. The summed E-state index contributed by atoms with van der Waals surface area (Å²) in [4.78, 5) is 10.2. The van der Waals surface area contributed by atoms with Gasteiger partial charge in [-0.2, -0.15) is 0 Å². The van der Waals surface area contributed by atoms with Crippen LogP contribution in [0.5, 0.6) is 0 Å². The maximum absolute atomic E-state index is 10.2. The molecule has 5 heteroatoms. The van der Waals surface area contributed by atoms with Crippen molar-refractivity contribution in [3.05, 3.63) is 11.1 Å². The van der Waals surface area contributed by atoms with Gasteiger partial charge in [-0.1, -0.05) is 4.49 Å². The Hall–Kier alpha value is -0.970. The predicted octanol–water partition coefficient (Wildman–Crippen LogP) is -0.363. The minimum atomic E-state index is -0.529. The van der Waals surface area contributed by atoms with E-state index in [0.717, 1.165) is 11.5 Å². The maximum Gasteiger partial charge on any atom is 0.270 e. The highest BCUT2D eigenvalue weighted by molar-refractivity contribution is 7.03. The molecule has 42 valence electrons. The Kier molecular flexibility index (Phi) is 1.21. The molecular formula is C3H3N3OS. The Bertz CT molecular complexity index is 182. The summed E-state index contributed by atoms with van der Waals surface area (Å²) in [6, 6.07) is 0. The Labute approximate surface area is 49.5 Å². The van der Waals surface area contributed by atoms with Crippen LogP contribution in [0.3, 0.4) is 0 Å². The highest BCUT2D eigenvalue weighted by Gasteiger charge is 1.99. The molecule has 0 spiro atoms. The topological polar surface area (TPSA) is 68.9 Å². The molecule has 0 fully saturated rings. The zero-order valence-electron chi connectivity index (χ0n) is 3.87. The van der Waals surface area contributed by atoms with Gasteiger partial charge in [-0.25, -0.2) is 0 Å². The number of hydrogen-bond acceptors (Lipinski definition) is 4. The van der Waals surface area contributed by atoms with Crippen molar-refractivity contribution in [1.82, 2.24) is 9.59 Å². The monoisotopic (exact) mass is 129 g/mol. The molecule has 0 unspecified atom stereocenters. The predicted molar refractivity (Wildman–Crippen MR) is 28.4 cm³/mol. The highest BCUT2D eigenvalue weighted by atomic mass is 32.1. The first kappa shape index (κ1) is 5.17. The van der Waals surface area contributed by atoms with E-state index >= 15 is 0 Å². The van der Waals surface area contributed by atoms with E-state index in [-0.39, 0.29) is 5.69 Å². The molecule has 0 bridgehead atoms. The summed E-state index contributed by atoms with van der Waals surface area (Å²) in [6.07, 6.45) is 0. The van der Waals surface area contributed by atoms with Gasteiger partial charge in [-0.05, 0) is 11.5 Å². The highest BCUT2D eigenvalue weighted by Crippen LogP contribution is 1.93. The van der Waals surface area contributed by atoms with E-state index in [1.165, 1.54) is 5.38 Å². The van der Waals surface area contributed by atoms with Crippen LogP contribution in [0.1, 0.15) is 10.5 Å². The van der Waals surface area contributed by atoms with Gasteiger partial charge < -0.3 is 5.73 Å². The van der Waals surface area contributed by atoms with E-state index in [4.69, 9.17) is 5.73 Å². The molecule has 0 aromatic carbocycles. The van der Waals surface area contributed by atoms with Crippen LogP contribution >= 0.6 is 11.5 Å². The number of carbonyl (C=O) groups is 1. The van der Waals surface area contributed by atoms with Gasteiger partial charge in [0.05, 0.1) is 0 Å². The van der Waals surface area contributed by atoms with Crippen LogP contribution in [0.4, 0.5) is 0 Å². The first-order chi connectivity index (χ1) is 3.80. The van der Waals surface area contributed by atoms with E-state index < -0.39 is 5.91 Å². The first-order valence-corrected chi connectivity index (χ1v) is 2.71. The van der Waals surface area contributed by atoms with Crippen LogP contribution in [0.2, 0.25) is 0 Å². The number of amides is 1. The Morgan fingerprint density at radius 1 is 1.88 bits per heavy atom. The molecule has 0 aliphatic rings. The van der Waals surface area contributed by atoms with Crippen molar-refractivity contribution in [3.63, 3.8) is 0 Å². The molecule has 0 aliphatic heterocycles. The van der Waals surface area contributed by atoms with E-state index in [9.17, 15) is 4.79 Å². The second-order valence-corrected chi connectivity index (χ2v) is 1.76. The lowest BCUT2D eigenvalue weighted by molar-refractivity contribution is 0.0995. The fourth-order valence-corrected chi connectivity index (χ4v) is 0.717. The Morgan fingerprint density at radius 3 is 2.88 bits per heavy atom. The fourth-order valence-electron chi connectivity index (χ4n) is 0.272. The molecule has 4 nitrogen and oxygen atoms in total. The average molecular weight is 129 g/mol. The van der Waals surface area contributed by atoms with Crippen molar-refractivity contribution in [2.75, 3.05) is 0 Å². The van der Waals surface area contributed by atoms with E-state index in [1.54, 1.807) is 0 Å². The number of rotatable bonds is 1. The van der Waals surface area contributed by atoms with Crippen molar-refractivity contribution < 1.29 is 4.79 Å². The molecular weight excluding hydrogens is 126 g/mol. The summed E-state index contributed by atoms with van der Waals surface area (Å²) in [7, 11) is 0. The Balaban J connectivity index is 2.93. The standard InChI is InChI=1S/C3H3N3OS/c4-3(7)2-1-8-6-5-2/h1H,(H2,4,7). The quantitative estimate of drug-likeness (QED) is 0.562. The summed E-state index contributed by atoms with van der Waals surface area (Å²) < 4.78 is 3.43. The molecule has 0 saturated heterocycles. The number of nitrogens with zero attached hydrogens (tertiary/aromatic N) is 2. The third-order valence-corrected chi connectivity index (χ3v) is 1.12. The number of nitrogens with two attached hydrogens (primary N) is 1. The van der Waals surface area contributed by atoms with Crippen LogP contribution in [0.15, 0.2) is 5.38 Å². The molecule has 0 atom stereocenters. The third-order valence-electron chi connectivity index (χ3n) is 0.612. The van der Waals surface area contributed by atoms with Crippen LogP contribution in [-0.4, -0.2) is 15.5 Å². The Morgan fingerprint density at radius 2 is 2.62 bits per heavy atom. The number of hydrogen-bond donors (Lipinski definition) is 1. The minimum Gasteiger partial charge on any atom is -0.364 e. The molecule has 1 aromatic rings. The van der Waals surface area contributed by atoms with Crippen LogP contribution < -0.4 is 5.73 Å². The third kappa shape index (κ3) is 0.812. The van der Waals surface area contributed by atoms with Gasteiger partial charge in [-0.15, -0.1) is 5.10 Å². The van der Waals surface area contributed by atoms with Gasteiger partial charge in [0.2, 0.25) is 0 Å². The van der Waals surface area contributed by atoms with Crippen LogP contribution in [-0.2, 0) is 0 Å². The van der Waals surface area contributed by atoms with Gasteiger partial charge in [-0.3, -0.25) is 4.79 Å². The summed E-state index contributed by atoms with van der Waals surface area (Å²) in [5, 5.41) is 4.91. The summed E-state index contributed by atoms with van der Waals surface area (Å²) in [5.74, 6) is -0.529. The van der Waals surface area contributed by atoms with E-state index in [1.807, 2.05) is 0 Å². The smallest absolute Gasteiger partial charge is 0.270 e. The largest absolute Gasteiger partial charge is 0.364 e. The van der Waals surface area contributed by atoms with Gasteiger partial charge >= 0.3 is 0 Å². The molecule has 2 N–H and O–H groups in total. The van der Waals surface area contributed by atoms with Gasteiger partial charge in [0.25, 0.3) is 5.91 Å². The molecule has 0 radical (unpaired) electrons. The van der Waals surface area contributed by atoms with Crippen molar-refractivity contribution in [1.29, 1.82) is 0 Å². The second-order valence-electron chi connectivity index (χ2n) is 1.15. The molecule has 1 rings (SSSR count). The number of carbonyl (C=O) groups excluding carboxylic acids is 1. The normalized spacial score (nSPS) is 9.00. The van der Waals surface area contributed by atoms with Crippen LogP contribution in [0, 0.1) is 0 Å². The van der Waals surface area contributed by atoms with E-state index in [0.29, 0.717) is 0 Å². The van der Waals surface area contributed by atoms with E-state index in [2.05, 4.69) is 9.59 Å². The first-order valence-electron chi connectivity index (χ1n) is 1.87. The van der Waals surface area contributed by atoms with Gasteiger partial charge in [0.1, 0.15) is 0 Å². The molecule has 8 heavy (non-hydrogen) atoms. The lowest BCUT2D eigenvalue weighted by Crippen LogP contribution is -2.10.